The molecule has 24 rings (SSSR count). The van der Waals surface area contributed by atoms with Crippen molar-refractivity contribution in [2.24, 2.45) is 0 Å². The zero-order valence-corrected chi connectivity index (χ0v) is 60.4. The fourth-order valence-electron chi connectivity index (χ4n) is 14.7. The summed E-state index contributed by atoms with van der Waals surface area (Å²) >= 11 is 2.82. The zero-order valence-electron chi connectivity index (χ0n) is 95.9. The predicted octanol–water partition coefficient (Wildman–Crippen LogP) is 28.3. The van der Waals surface area contributed by atoms with Gasteiger partial charge in [-0.25, -0.2) is 9.97 Å². The van der Waals surface area contributed by atoms with E-state index in [-0.39, 0.29) is 170 Å². The zero-order chi connectivity index (χ0) is 108. The maximum atomic E-state index is 10.1. The Morgan fingerprint density at radius 1 is 0.254 bits per heavy atom. The van der Waals surface area contributed by atoms with E-state index in [1.807, 2.05) is 0 Å². The number of benzene rings is 16. The van der Waals surface area contributed by atoms with Gasteiger partial charge in [-0.15, -0.1) is 34.0 Å². The van der Waals surface area contributed by atoms with Gasteiger partial charge in [0.05, 0.1) is 74.2 Å². The van der Waals surface area contributed by atoms with Crippen LogP contribution >= 0.6 is 34.0 Å². The highest BCUT2D eigenvalue weighted by atomic mass is 32.1. The molecule has 0 aliphatic rings. The Bertz CT molecular complexity index is 10400. The van der Waals surface area contributed by atoms with Crippen LogP contribution in [0.15, 0.2) is 367 Å². The van der Waals surface area contributed by atoms with Crippen LogP contribution in [0.3, 0.4) is 0 Å². The lowest BCUT2D eigenvalue weighted by molar-refractivity contribution is 0.669. The topological polar surface area (TPSA) is 100 Å². The lowest BCUT2D eigenvalue weighted by Gasteiger charge is -2.12. The molecule has 0 atom stereocenters. The Morgan fingerprint density at radius 2 is 0.781 bits per heavy atom. The number of thiophene rings is 3. The largest absolute Gasteiger partial charge is 0.456 e. The van der Waals surface area contributed by atoms with E-state index in [0.717, 1.165) is 34.0 Å². The maximum Gasteiger partial charge on any atom is 0.238 e. The molecular formula is C102H60N8OS3. The number of hydrogen-bond acceptors (Lipinski definition) is 10. The van der Waals surface area contributed by atoms with Crippen molar-refractivity contribution in [3.8, 4) is 102 Å². The van der Waals surface area contributed by atoms with E-state index in [0.29, 0.717) is 53.6 Å². The molecular weight excluding hydrogens is 1450 g/mol. The van der Waals surface area contributed by atoms with Gasteiger partial charge in [0, 0.05) is 121 Å². The molecule has 0 bridgehead atoms. The van der Waals surface area contributed by atoms with E-state index < -0.39 is 234 Å². The van der Waals surface area contributed by atoms with Crippen LogP contribution in [0.1, 0.15) is 52.1 Å². The van der Waals surface area contributed by atoms with Crippen LogP contribution in [0.2, 0.25) is 0 Å². The van der Waals surface area contributed by atoms with Gasteiger partial charge in [0.25, 0.3) is 0 Å². The average Bonchev–Trinajstić information content (AvgIpc) is 1.52. The second kappa shape index (κ2) is 26.7. The maximum absolute atomic E-state index is 10.1. The van der Waals surface area contributed by atoms with Crippen molar-refractivity contribution >= 4 is 160 Å². The van der Waals surface area contributed by atoms with Gasteiger partial charge in [-0.05, 0) is 106 Å². The first-order valence-corrected chi connectivity index (χ1v) is 37.4. The summed E-state index contributed by atoms with van der Waals surface area (Å²) in [4.78, 5) is 29.1. The summed E-state index contributed by atoms with van der Waals surface area (Å²) in [6, 6.07) is 15.9. The number of hydrogen-bond donors (Lipinski definition) is 0. The molecule has 0 aliphatic carbocycles. The number of aromatic nitrogens is 8. The first-order valence-electron chi connectivity index (χ1n) is 53.9. The van der Waals surface area contributed by atoms with Crippen LogP contribution in [0.5, 0.6) is 0 Å². The molecule has 0 fully saturated rings. The summed E-state index contributed by atoms with van der Waals surface area (Å²) in [5.74, 6) is -1.89. The van der Waals surface area contributed by atoms with Crippen molar-refractivity contribution in [3.63, 3.8) is 0 Å². The van der Waals surface area contributed by atoms with E-state index in [1.54, 1.807) is 133 Å². The molecule has 16 aromatic carbocycles. The third kappa shape index (κ3) is 10.7. The first kappa shape index (κ1) is 38.0. The van der Waals surface area contributed by atoms with E-state index in [1.165, 1.54) is 9.13 Å². The molecule has 532 valence electrons. The fraction of sp³-hybridized carbons (Fsp3) is 0. The third-order valence-corrected chi connectivity index (χ3v) is 22.7. The monoisotopic (exact) mass is 1550 g/mol. The van der Waals surface area contributed by atoms with Crippen LogP contribution in [-0.4, -0.2) is 39.0 Å². The minimum Gasteiger partial charge on any atom is -0.456 e. The van der Waals surface area contributed by atoms with Crippen molar-refractivity contribution in [2.45, 2.75) is 0 Å². The highest BCUT2D eigenvalue weighted by Gasteiger charge is 2.28. The molecule has 0 saturated heterocycles. The average molecular weight is 1550 g/mol. The van der Waals surface area contributed by atoms with E-state index >= 15 is 0 Å². The highest BCUT2D eigenvalue weighted by Crippen LogP contribution is 2.51. The van der Waals surface area contributed by atoms with Crippen molar-refractivity contribution < 1.29 is 56.5 Å². The molecule has 8 aromatic heterocycles. The number of nitrogens with zero attached hydrogens (tertiary/aromatic N) is 8. The van der Waals surface area contributed by atoms with Gasteiger partial charge in [-0.3, -0.25) is 9.13 Å². The van der Waals surface area contributed by atoms with Crippen LogP contribution in [-0.2, 0) is 0 Å². The van der Waals surface area contributed by atoms with E-state index in [9.17, 15) is 13.7 Å². The van der Waals surface area contributed by atoms with Gasteiger partial charge in [-0.2, -0.15) is 19.9 Å². The number of fused-ring (bicyclic) bond motifs is 20. The summed E-state index contributed by atoms with van der Waals surface area (Å²) in [5, 5.41) is 1.08. The molecule has 0 radical (unpaired) electrons. The minimum absolute atomic E-state index is 0.00174. The number of rotatable bonds is 10. The lowest BCUT2D eigenvalue weighted by atomic mass is 9.97. The summed E-state index contributed by atoms with van der Waals surface area (Å²) in [6.07, 6.45) is 0. The van der Waals surface area contributed by atoms with Gasteiger partial charge in [0.15, 0.2) is 23.3 Å². The van der Waals surface area contributed by atoms with Crippen molar-refractivity contribution in [2.75, 3.05) is 0 Å². The van der Waals surface area contributed by atoms with Gasteiger partial charge < -0.3 is 4.42 Å². The van der Waals surface area contributed by atoms with Gasteiger partial charge in [0.2, 0.25) is 11.9 Å². The first-order chi connectivity index (χ1) is 72.3. The molecule has 0 spiro atoms. The lowest BCUT2D eigenvalue weighted by Crippen LogP contribution is -2.06. The second-order valence-electron chi connectivity index (χ2n) is 25.8. The summed E-state index contributed by atoms with van der Waals surface area (Å²) in [7, 11) is 0. The van der Waals surface area contributed by atoms with Crippen LogP contribution in [0.4, 0.5) is 0 Å². The summed E-state index contributed by atoms with van der Waals surface area (Å²) < 4.78 is 350. The summed E-state index contributed by atoms with van der Waals surface area (Å²) in [5.41, 5.74) is 1.21. The molecule has 0 N–H and O–H groups in total. The van der Waals surface area contributed by atoms with Crippen LogP contribution in [0.25, 0.3) is 228 Å². The highest BCUT2D eigenvalue weighted by molar-refractivity contribution is 7.27. The fourth-order valence-corrected chi connectivity index (χ4v) is 17.9. The van der Waals surface area contributed by atoms with Gasteiger partial charge in [-0.1, -0.05) is 297 Å². The van der Waals surface area contributed by atoms with Crippen molar-refractivity contribution in [1.29, 1.82) is 0 Å². The molecule has 0 aliphatic heterocycles. The van der Waals surface area contributed by atoms with Gasteiger partial charge >= 0.3 is 0 Å². The van der Waals surface area contributed by atoms with Crippen molar-refractivity contribution in [3.05, 3.63) is 363 Å². The summed E-state index contributed by atoms with van der Waals surface area (Å²) in [6.45, 7) is 0. The molecule has 24 aromatic rings. The smallest absolute Gasteiger partial charge is 0.238 e. The normalized spacial score (nSPS) is 16.5. The second-order valence-corrected chi connectivity index (χ2v) is 28.9. The Hall–Kier alpha value is -14.4. The SMILES string of the molecule is [2H]c1c([2H])c([2H])c(-c2c([2H])c([2H])c([2H])c3sc4c([2H])c(-c5nc(-c6ccccc6)nc(-n6c7c([2H])c([2H])c([2H])c([2H])c7c7c([2H])c(-c8ccccc8)c8sc9c([2H])c([2H])c([2H])c([2H])c9c8c76)n5)c([2H])c([2H])c4c23)c([2H])c1[2H].[2H]c1c([2H])c([2H])c(-c2nc(-c3ccc4c(c3)oc3cccc(-c5c([2H])c([2H])c([2H])c([2H])c5[2H])c34)nc(-n3c4c([2H])c([2H])c([2H])c([2H])c4c4c(-c5ccccc5)cc5sc6c([2H])c([2H])c([2H])c([2H])c6c5c43)n2)c([2H])c1[2H]. The Morgan fingerprint density at radius 3 is 1.47 bits per heavy atom. The predicted molar refractivity (Wildman–Crippen MR) is 478 cm³/mol. The van der Waals surface area contributed by atoms with Gasteiger partial charge in [0.1, 0.15) is 11.2 Å². The third-order valence-electron chi connectivity index (χ3n) is 19.5. The number of furan rings is 1. The molecule has 0 amide bonds. The molecule has 8 heterocycles. The van der Waals surface area contributed by atoms with E-state index in [2.05, 4.69) is 0 Å². The van der Waals surface area contributed by atoms with Crippen LogP contribution in [0, 0.1) is 0 Å². The van der Waals surface area contributed by atoms with Crippen LogP contribution < -0.4 is 0 Å². The number of para-hydroxylation sites is 2. The van der Waals surface area contributed by atoms with E-state index in [4.69, 9.17) is 72.7 Å². The Balaban J connectivity index is 0.000000166. The Kier molecular flexibility index (Phi) is 8.90. The quantitative estimate of drug-likeness (QED) is 0.134. The van der Waals surface area contributed by atoms with Crippen molar-refractivity contribution in [1.82, 2.24) is 39.0 Å². The molecule has 12 heteroatoms. The molecule has 9 nitrogen and oxygen atoms in total. The Labute approximate surface area is 718 Å². The molecule has 0 unspecified atom stereocenters. The molecule has 114 heavy (non-hydrogen) atoms. The molecule has 0 saturated carbocycles. The standard InChI is InChI=1S/C51H30N4OS.C51H30N4S2/c1-4-15-31(16-5-1)35-23-14-25-41-45(35)37-28-27-34(29-42(37)56-41)50-52-49(33-19-8-3-9-20-33)53-51(54-50)55-40-24-12-10-21-36(40)46-39(32-17-6-2-7-18-32)30-44-47(48(46)55)38-22-11-13-26-43(38)57-44;1-4-15-31(16-5-1)35-23-14-26-43-45(35)38-28-27-34(29-44(38)56-43)50-52-49(33-19-8-3-9-20-33)53-51(54-50)55-41-24-12-10-21-36(41)40-30-39(32-17-6-2-7-18-32)48-46(47(40)55)37-22-11-13-25-42(37)57-48/h2*1-30H/i1D,3D,4D,5D,8D,9D,10D,11D,12D,13D,15D,16D,19D,20D,21D,22D,24D,26D;1D,4D,5D,10D,11D,12D,13D,14D,15D,16D,21D,22D,23D,24D,25D,26D,27D,28D,29D,30D. The minimum atomic E-state index is -0.739.